The SMILES string of the molecule is NNC(=O)c1ccc(CSc2ncnc3nc[nH]c23)cc1. The van der Waals surface area contributed by atoms with E-state index in [-0.39, 0.29) is 5.91 Å². The van der Waals surface area contributed by atoms with Crippen molar-refractivity contribution in [2.24, 2.45) is 5.84 Å². The lowest BCUT2D eigenvalue weighted by Gasteiger charge is -2.04. The number of aromatic nitrogens is 4. The van der Waals surface area contributed by atoms with Gasteiger partial charge in [-0.25, -0.2) is 20.8 Å². The predicted octanol–water partition coefficient (Wildman–Crippen LogP) is 1.25. The van der Waals surface area contributed by atoms with Crippen LogP contribution < -0.4 is 11.3 Å². The number of aromatic amines is 1. The maximum Gasteiger partial charge on any atom is 0.265 e. The van der Waals surface area contributed by atoms with E-state index in [1.807, 2.05) is 12.1 Å². The molecule has 2 aromatic heterocycles. The molecule has 0 aliphatic heterocycles. The number of hydrazine groups is 1. The Morgan fingerprint density at radius 3 is 2.81 bits per heavy atom. The van der Waals surface area contributed by atoms with Gasteiger partial charge in [0.15, 0.2) is 5.65 Å². The molecule has 0 spiro atoms. The highest BCUT2D eigenvalue weighted by Gasteiger charge is 2.07. The highest BCUT2D eigenvalue weighted by molar-refractivity contribution is 7.98. The van der Waals surface area contributed by atoms with Crippen molar-refractivity contribution < 1.29 is 4.79 Å². The number of imidazole rings is 1. The van der Waals surface area contributed by atoms with Gasteiger partial charge in [0, 0.05) is 11.3 Å². The molecule has 2 heterocycles. The number of nitrogens with zero attached hydrogens (tertiary/aromatic N) is 3. The summed E-state index contributed by atoms with van der Waals surface area (Å²) in [5.41, 5.74) is 5.21. The van der Waals surface area contributed by atoms with Crippen LogP contribution in [-0.4, -0.2) is 25.8 Å². The molecule has 21 heavy (non-hydrogen) atoms. The van der Waals surface area contributed by atoms with E-state index >= 15 is 0 Å². The lowest BCUT2D eigenvalue weighted by Crippen LogP contribution is -2.29. The van der Waals surface area contributed by atoms with Gasteiger partial charge in [-0.15, -0.1) is 0 Å². The first-order valence-corrected chi connectivity index (χ1v) is 7.13. The Labute approximate surface area is 124 Å². The van der Waals surface area contributed by atoms with E-state index in [4.69, 9.17) is 5.84 Å². The van der Waals surface area contributed by atoms with E-state index in [9.17, 15) is 4.79 Å². The molecule has 1 amide bonds. The fraction of sp³-hybridized carbons (Fsp3) is 0.0769. The number of nitrogen functional groups attached to an aromatic ring is 1. The Morgan fingerprint density at radius 2 is 2.05 bits per heavy atom. The van der Waals surface area contributed by atoms with E-state index in [0.717, 1.165) is 21.9 Å². The van der Waals surface area contributed by atoms with Crippen molar-refractivity contribution in [3.05, 3.63) is 48.0 Å². The first-order chi connectivity index (χ1) is 10.3. The van der Waals surface area contributed by atoms with E-state index in [0.29, 0.717) is 11.2 Å². The van der Waals surface area contributed by atoms with Crippen molar-refractivity contribution in [3.8, 4) is 0 Å². The number of amides is 1. The number of fused-ring (bicyclic) bond motifs is 1. The van der Waals surface area contributed by atoms with Crippen LogP contribution >= 0.6 is 11.8 Å². The predicted molar refractivity (Wildman–Crippen MR) is 79.3 cm³/mol. The topological polar surface area (TPSA) is 110 Å². The molecule has 8 heteroatoms. The third-order valence-electron chi connectivity index (χ3n) is 2.91. The molecular weight excluding hydrogens is 288 g/mol. The van der Waals surface area contributed by atoms with Crippen LogP contribution in [0.15, 0.2) is 41.9 Å². The number of benzene rings is 1. The third kappa shape index (κ3) is 2.86. The fourth-order valence-corrected chi connectivity index (χ4v) is 2.75. The van der Waals surface area contributed by atoms with Crippen LogP contribution in [0.1, 0.15) is 15.9 Å². The maximum atomic E-state index is 11.4. The lowest BCUT2D eigenvalue weighted by atomic mass is 10.1. The minimum Gasteiger partial charge on any atom is -0.341 e. The van der Waals surface area contributed by atoms with E-state index in [2.05, 4.69) is 25.4 Å². The molecule has 0 aliphatic carbocycles. The van der Waals surface area contributed by atoms with Gasteiger partial charge in [0.1, 0.15) is 16.9 Å². The van der Waals surface area contributed by atoms with Crippen molar-refractivity contribution in [2.45, 2.75) is 10.8 Å². The van der Waals surface area contributed by atoms with Crippen molar-refractivity contribution in [2.75, 3.05) is 0 Å². The summed E-state index contributed by atoms with van der Waals surface area (Å²) in [4.78, 5) is 26.8. The third-order valence-corrected chi connectivity index (χ3v) is 3.97. The second-order valence-electron chi connectivity index (χ2n) is 4.24. The molecule has 0 saturated carbocycles. The molecule has 3 aromatic rings. The Hall–Kier alpha value is -2.45. The summed E-state index contributed by atoms with van der Waals surface area (Å²) < 4.78 is 0. The van der Waals surface area contributed by atoms with Gasteiger partial charge in [-0.2, -0.15) is 0 Å². The number of hydrogen-bond donors (Lipinski definition) is 3. The Bertz CT molecular complexity index is 770. The van der Waals surface area contributed by atoms with Gasteiger partial charge in [0.25, 0.3) is 5.91 Å². The number of rotatable bonds is 4. The summed E-state index contributed by atoms with van der Waals surface area (Å²) in [5.74, 6) is 5.52. The quantitative estimate of drug-likeness (QED) is 0.220. The van der Waals surface area contributed by atoms with Crippen LogP contribution in [0.2, 0.25) is 0 Å². The number of carbonyl (C=O) groups is 1. The normalized spacial score (nSPS) is 10.7. The van der Waals surface area contributed by atoms with Gasteiger partial charge in [-0.1, -0.05) is 23.9 Å². The number of carbonyl (C=O) groups excluding carboxylic acids is 1. The molecule has 0 saturated heterocycles. The average molecular weight is 300 g/mol. The van der Waals surface area contributed by atoms with Crippen LogP contribution in [0.5, 0.6) is 0 Å². The van der Waals surface area contributed by atoms with Crippen LogP contribution in [0.4, 0.5) is 0 Å². The molecule has 7 nitrogen and oxygen atoms in total. The second kappa shape index (κ2) is 5.90. The maximum absolute atomic E-state index is 11.4. The van der Waals surface area contributed by atoms with Gasteiger partial charge in [-0.05, 0) is 17.7 Å². The van der Waals surface area contributed by atoms with Crippen molar-refractivity contribution >= 4 is 28.8 Å². The minimum atomic E-state index is -0.302. The zero-order chi connectivity index (χ0) is 14.7. The average Bonchev–Trinajstić information content (AvgIpc) is 3.02. The fourth-order valence-electron chi connectivity index (χ4n) is 1.84. The monoisotopic (exact) mass is 300 g/mol. The molecular formula is C13H12N6OS. The zero-order valence-corrected chi connectivity index (χ0v) is 11.7. The molecule has 0 radical (unpaired) electrons. The first-order valence-electron chi connectivity index (χ1n) is 6.14. The van der Waals surface area contributed by atoms with Crippen molar-refractivity contribution in [1.29, 1.82) is 0 Å². The number of H-pyrrole nitrogens is 1. The summed E-state index contributed by atoms with van der Waals surface area (Å²) in [6.07, 6.45) is 3.10. The van der Waals surface area contributed by atoms with Gasteiger partial charge >= 0.3 is 0 Å². The Morgan fingerprint density at radius 1 is 1.24 bits per heavy atom. The van der Waals surface area contributed by atoms with E-state index in [1.54, 1.807) is 30.2 Å². The molecule has 0 fully saturated rings. The highest BCUT2D eigenvalue weighted by atomic mass is 32.2. The molecule has 0 atom stereocenters. The van der Waals surface area contributed by atoms with E-state index in [1.165, 1.54) is 6.33 Å². The van der Waals surface area contributed by atoms with Crippen LogP contribution in [-0.2, 0) is 5.75 Å². The van der Waals surface area contributed by atoms with Gasteiger partial charge in [-0.3, -0.25) is 10.2 Å². The molecule has 3 rings (SSSR count). The standard InChI is InChI=1S/C13H12N6OS/c14-19-12(20)9-3-1-8(2-4-9)5-21-13-10-11(16-6-15-10)17-7-18-13/h1-4,6-7H,5,14H2,(H,19,20)(H,15,16,17,18). The van der Waals surface area contributed by atoms with Gasteiger partial charge in [0.05, 0.1) is 6.33 Å². The summed E-state index contributed by atoms with van der Waals surface area (Å²) in [6, 6.07) is 7.26. The van der Waals surface area contributed by atoms with Crippen LogP contribution in [0.3, 0.4) is 0 Å². The summed E-state index contributed by atoms with van der Waals surface area (Å²) >= 11 is 1.58. The number of hydrogen-bond acceptors (Lipinski definition) is 6. The summed E-state index contributed by atoms with van der Waals surface area (Å²) in [7, 11) is 0. The highest BCUT2D eigenvalue weighted by Crippen LogP contribution is 2.25. The van der Waals surface area contributed by atoms with Crippen LogP contribution in [0.25, 0.3) is 11.2 Å². The molecule has 4 N–H and O–H groups in total. The molecule has 1 aromatic carbocycles. The Kier molecular flexibility index (Phi) is 3.80. The molecule has 0 aliphatic rings. The zero-order valence-electron chi connectivity index (χ0n) is 10.9. The lowest BCUT2D eigenvalue weighted by molar-refractivity contribution is 0.0953. The van der Waals surface area contributed by atoms with E-state index < -0.39 is 0 Å². The van der Waals surface area contributed by atoms with Crippen LogP contribution in [0, 0.1) is 0 Å². The first kappa shape index (κ1) is 13.5. The summed E-state index contributed by atoms with van der Waals surface area (Å²) in [5, 5.41) is 0.848. The van der Waals surface area contributed by atoms with Crippen molar-refractivity contribution in [3.63, 3.8) is 0 Å². The Balaban J connectivity index is 1.73. The smallest absolute Gasteiger partial charge is 0.265 e. The number of thioether (sulfide) groups is 1. The second-order valence-corrected chi connectivity index (χ2v) is 5.20. The molecule has 106 valence electrons. The molecule has 0 unspecified atom stereocenters. The molecule has 0 bridgehead atoms. The number of nitrogens with one attached hydrogen (secondary N) is 2. The largest absolute Gasteiger partial charge is 0.341 e. The van der Waals surface area contributed by atoms with Gasteiger partial charge in [0.2, 0.25) is 0 Å². The van der Waals surface area contributed by atoms with Gasteiger partial charge < -0.3 is 4.98 Å². The summed E-state index contributed by atoms with van der Waals surface area (Å²) in [6.45, 7) is 0. The number of nitrogens with two attached hydrogens (primary N) is 1. The minimum absolute atomic E-state index is 0.302. The van der Waals surface area contributed by atoms with Crippen molar-refractivity contribution in [1.82, 2.24) is 25.4 Å².